The number of benzene rings is 2. The van der Waals surface area contributed by atoms with Crippen LogP contribution in [0.1, 0.15) is 61.4 Å². The molecule has 280 valence electrons. The summed E-state index contributed by atoms with van der Waals surface area (Å²) in [5.74, 6) is 0.505. The number of nitrogens with one attached hydrogen (secondary N) is 2. The number of piperidine rings is 1. The van der Waals surface area contributed by atoms with E-state index in [0.717, 1.165) is 71.5 Å². The van der Waals surface area contributed by atoms with E-state index in [9.17, 15) is 23.2 Å². The summed E-state index contributed by atoms with van der Waals surface area (Å²) in [6, 6.07) is 13.9. The van der Waals surface area contributed by atoms with E-state index in [-0.39, 0.29) is 44.9 Å². The van der Waals surface area contributed by atoms with Crippen LogP contribution in [-0.2, 0) is 25.3 Å². The van der Waals surface area contributed by atoms with Crippen LogP contribution in [0.25, 0.3) is 33.3 Å². The zero-order valence-electron chi connectivity index (χ0n) is 29.8. The van der Waals surface area contributed by atoms with E-state index < -0.39 is 23.4 Å². The van der Waals surface area contributed by atoms with Gasteiger partial charge in [-0.3, -0.25) is 23.6 Å². The van der Waals surface area contributed by atoms with Crippen LogP contribution in [0.15, 0.2) is 58.1 Å². The summed E-state index contributed by atoms with van der Waals surface area (Å²) in [4.78, 5) is 49.7. The number of hydrogen-bond acceptors (Lipinski definition) is 8. The summed E-state index contributed by atoms with van der Waals surface area (Å²) in [5.41, 5.74) is 2.79. The van der Waals surface area contributed by atoms with Crippen LogP contribution in [0, 0.1) is 0 Å². The Balaban J connectivity index is 1.14. The lowest BCUT2D eigenvalue weighted by Gasteiger charge is -2.35. The number of carbonyl (C=O) groups excluding carboxylic acids is 1. The Morgan fingerprint density at radius 3 is 2.44 bits per heavy atom. The molecule has 2 aliphatic heterocycles. The second kappa shape index (κ2) is 13.8. The van der Waals surface area contributed by atoms with Gasteiger partial charge in [-0.1, -0.05) is 53.5 Å². The second-order valence-electron chi connectivity index (χ2n) is 14.3. The van der Waals surface area contributed by atoms with Crippen LogP contribution >= 0.6 is 23.2 Å². The van der Waals surface area contributed by atoms with E-state index in [0.29, 0.717) is 39.7 Å². The molecule has 54 heavy (non-hydrogen) atoms. The minimum absolute atomic E-state index is 0.00424. The summed E-state index contributed by atoms with van der Waals surface area (Å²) in [5, 5.41) is 6.82. The summed E-state index contributed by atoms with van der Waals surface area (Å²) in [6.45, 7) is 1.69. The average Bonchev–Trinajstić information content (AvgIpc) is 3.77. The third-order valence-corrected chi connectivity index (χ3v) is 11.9. The maximum absolute atomic E-state index is 14.0. The van der Waals surface area contributed by atoms with Gasteiger partial charge >= 0.3 is 5.69 Å². The lowest BCUT2D eigenvalue weighted by Crippen LogP contribution is -2.53. The first-order valence-corrected chi connectivity index (χ1v) is 18.5. The molecule has 1 spiro atoms. The van der Waals surface area contributed by atoms with Gasteiger partial charge in [-0.25, -0.2) is 23.5 Å². The molecular formula is C39H37Cl2F2N7O4. The summed E-state index contributed by atoms with van der Waals surface area (Å²) >= 11 is 14.2. The highest BCUT2D eigenvalue weighted by atomic mass is 35.5. The quantitative estimate of drug-likeness (QED) is 0.180. The number of aromatic nitrogens is 4. The Bertz CT molecular complexity index is 2490. The number of nitrogens with zero attached hydrogens (tertiary/aromatic N) is 5. The van der Waals surface area contributed by atoms with Gasteiger partial charge in [0.15, 0.2) is 0 Å². The molecule has 0 bridgehead atoms. The number of hydrogen-bond donors (Lipinski definition) is 2. The van der Waals surface area contributed by atoms with Crippen LogP contribution in [0.3, 0.4) is 0 Å². The topological polar surface area (TPSA) is 123 Å². The Hall–Kier alpha value is -4.85. The molecule has 8 rings (SSSR count). The fraction of sp³-hybridized carbons (Fsp3) is 0.359. The highest BCUT2D eigenvalue weighted by Crippen LogP contribution is 2.47. The number of halogens is 4. The van der Waals surface area contributed by atoms with Gasteiger partial charge in [0.05, 0.1) is 39.6 Å². The van der Waals surface area contributed by atoms with Gasteiger partial charge in [-0.05, 0) is 55.9 Å². The molecular weight excluding hydrogens is 739 g/mol. The Morgan fingerprint density at radius 1 is 0.963 bits per heavy atom. The Morgan fingerprint density at radius 2 is 1.70 bits per heavy atom. The SMILES string of the molecule is COc1nc(-c2cccc(-c3cccc(Nc4nc(C(F)F)cc5c4c(=O)n(C)c(=O)n5C)c3Cl)c2Cl)cc2c1C(N1CCC3(CCCC(=O)N3)C1)CC2. The fourth-order valence-electron chi connectivity index (χ4n) is 8.44. The molecule has 0 radical (unpaired) electrons. The normalized spacial score (nSPS) is 19.9. The number of rotatable bonds is 7. The molecule has 2 unspecified atom stereocenters. The van der Waals surface area contributed by atoms with E-state index in [2.05, 4.69) is 26.6 Å². The number of anilines is 2. The van der Waals surface area contributed by atoms with E-state index in [1.165, 1.54) is 14.1 Å². The predicted octanol–water partition coefficient (Wildman–Crippen LogP) is 7.09. The summed E-state index contributed by atoms with van der Waals surface area (Å²) in [6.07, 6.45) is 2.20. The highest BCUT2D eigenvalue weighted by Gasteiger charge is 2.45. The number of alkyl halides is 2. The van der Waals surface area contributed by atoms with E-state index in [1.54, 1.807) is 25.3 Å². The van der Waals surface area contributed by atoms with E-state index in [1.807, 2.05) is 18.2 Å². The standard InChI is InChI=1S/C39H37Cl2F2N7O4/c1-48-28-18-26(34(42)43)45-35(31(28)37(52)49(2)38(48)53)44-24-10-5-8-22(33(24)41)21-7-4-9-23(32(21)40)25-17-20-12-13-27(30(20)36(46-25)54-3)50-16-15-39(19-50)14-6-11-29(51)47-39/h4-5,7-10,17-18,27,34H,6,11-16,19H2,1-3H3,(H,44,45)(H,47,51). The predicted molar refractivity (Wildman–Crippen MR) is 204 cm³/mol. The largest absolute Gasteiger partial charge is 0.481 e. The number of aryl methyl sites for hydroxylation is 2. The number of pyridine rings is 2. The number of methoxy groups -OCH3 is 1. The molecule has 15 heteroatoms. The molecule has 1 amide bonds. The molecule has 2 aromatic carbocycles. The lowest BCUT2D eigenvalue weighted by atomic mass is 9.88. The van der Waals surface area contributed by atoms with Gasteiger partial charge in [-0.15, -0.1) is 0 Å². The van der Waals surface area contributed by atoms with Gasteiger partial charge in [0.2, 0.25) is 11.8 Å². The Kier molecular flexibility index (Phi) is 9.22. The van der Waals surface area contributed by atoms with Crippen molar-refractivity contribution < 1.29 is 18.3 Å². The Labute approximate surface area is 318 Å². The van der Waals surface area contributed by atoms with Crippen molar-refractivity contribution in [2.24, 2.45) is 14.1 Å². The minimum atomic E-state index is -2.96. The molecule has 3 aliphatic rings. The minimum Gasteiger partial charge on any atom is -0.481 e. The first kappa shape index (κ1) is 36.1. The smallest absolute Gasteiger partial charge is 0.330 e. The van der Waals surface area contributed by atoms with Gasteiger partial charge < -0.3 is 15.4 Å². The molecule has 2 atom stereocenters. The molecule has 3 aromatic heterocycles. The van der Waals surface area contributed by atoms with Crippen molar-refractivity contribution >= 4 is 51.5 Å². The van der Waals surface area contributed by atoms with Crippen LogP contribution in [0.2, 0.25) is 10.0 Å². The van der Waals surface area contributed by atoms with Crippen molar-refractivity contribution in [2.75, 3.05) is 25.5 Å². The third-order valence-electron chi connectivity index (χ3n) is 11.1. The zero-order chi connectivity index (χ0) is 38.1. The number of amides is 1. The second-order valence-corrected chi connectivity index (χ2v) is 15.1. The number of ether oxygens (including phenoxy) is 1. The first-order chi connectivity index (χ1) is 25.9. The molecule has 2 fully saturated rings. The van der Waals surface area contributed by atoms with Crippen molar-refractivity contribution in [3.8, 4) is 28.3 Å². The van der Waals surface area contributed by atoms with E-state index in [4.69, 9.17) is 32.9 Å². The number of carbonyl (C=O) groups is 1. The van der Waals surface area contributed by atoms with Crippen LogP contribution in [-0.4, -0.2) is 55.6 Å². The van der Waals surface area contributed by atoms with Crippen molar-refractivity contribution in [1.82, 2.24) is 29.3 Å². The van der Waals surface area contributed by atoms with E-state index >= 15 is 0 Å². The van der Waals surface area contributed by atoms with Crippen molar-refractivity contribution in [2.45, 2.75) is 56.5 Å². The first-order valence-electron chi connectivity index (χ1n) is 17.8. The average molecular weight is 777 g/mol. The number of likely N-dealkylation sites (tertiary alicyclic amines) is 1. The summed E-state index contributed by atoms with van der Waals surface area (Å²) < 4.78 is 35.9. The molecule has 5 heterocycles. The lowest BCUT2D eigenvalue weighted by molar-refractivity contribution is -0.125. The zero-order valence-corrected chi connectivity index (χ0v) is 31.3. The van der Waals surface area contributed by atoms with Crippen molar-refractivity contribution in [1.29, 1.82) is 0 Å². The molecule has 1 aliphatic carbocycles. The van der Waals surface area contributed by atoms with Gasteiger partial charge in [-0.2, -0.15) is 0 Å². The van der Waals surface area contributed by atoms with Gasteiger partial charge in [0, 0.05) is 61.9 Å². The van der Waals surface area contributed by atoms with Gasteiger partial charge in [0.1, 0.15) is 16.9 Å². The molecule has 2 saturated heterocycles. The maximum atomic E-state index is 14.0. The number of fused-ring (bicyclic) bond motifs is 2. The molecule has 2 N–H and O–H groups in total. The fourth-order valence-corrected chi connectivity index (χ4v) is 9.04. The van der Waals surface area contributed by atoms with Crippen molar-refractivity contribution in [3.63, 3.8) is 0 Å². The maximum Gasteiger partial charge on any atom is 0.330 e. The van der Waals surface area contributed by atoms with Crippen LogP contribution < -0.4 is 26.6 Å². The molecule has 0 saturated carbocycles. The highest BCUT2D eigenvalue weighted by molar-refractivity contribution is 6.39. The van der Waals surface area contributed by atoms with Gasteiger partial charge in [0.25, 0.3) is 12.0 Å². The molecule has 5 aromatic rings. The monoisotopic (exact) mass is 775 g/mol. The third kappa shape index (κ3) is 6.02. The van der Waals surface area contributed by atoms with Crippen LogP contribution in [0.5, 0.6) is 5.88 Å². The summed E-state index contributed by atoms with van der Waals surface area (Å²) in [7, 11) is 4.33. The van der Waals surface area contributed by atoms with Crippen molar-refractivity contribution in [3.05, 3.63) is 96.2 Å². The van der Waals surface area contributed by atoms with Crippen LogP contribution in [0.4, 0.5) is 20.3 Å². The molecule has 11 nitrogen and oxygen atoms in total.